The molecular weight excluding hydrogens is 311 g/mol. The molecule has 0 radical (unpaired) electrons. The highest BCUT2D eigenvalue weighted by Gasteiger charge is 2.45. The first-order valence-corrected chi connectivity index (χ1v) is 6.03. The quantitative estimate of drug-likeness (QED) is 0.875. The molecule has 7 heteroatoms. The van der Waals surface area contributed by atoms with Crippen LogP contribution in [0.4, 0.5) is 13.2 Å². The van der Waals surface area contributed by atoms with Crippen molar-refractivity contribution >= 4 is 21.8 Å². The van der Waals surface area contributed by atoms with Gasteiger partial charge in [-0.05, 0) is 18.2 Å². The van der Waals surface area contributed by atoms with Gasteiger partial charge in [0, 0.05) is 16.6 Å². The Morgan fingerprint density at radius 2 is 2.17 bits per heavy atom. The summed E-state index contributed by atoms with van der Waals surface area (Å²) in [7, 11) is 0. The summed E-state index contributed by atoms with van der Waals surface area (Å²) < 4.78 is 41.0. The van der Waals surface area contributed by atoms with Crippen molar-refractivity contribution in [1.29, 1.82) is 0 Å². The highest BCUT2D eigenvalue weighted by molar-refractivity contribution is 9.10. The number of alkyl halides is 2. The summed E-state index contributed by atoms with van der Waals surface area (Å²) in [6.07, 6.45) is -2.85. The van der Waals surface area contributed by atoms with Crippen molar-refractivity contribution in [2.45, 2.75) is 12.0 Å². The van der Waals surface area contributed by atoms with Gasteiger partial charge in [-0.15, -0.1) is 0 Å². The number of nitrogens with two attached hydrogens (primary N) is 1. The number of hydrogen-bond acceptors (Lipinski definition) is 3. The maximum absolute atomic E-state index is 13.8. The van der Waals surface area contributed by atoms with Crippen molar-refractivity contribution in [2.75, 3.05) is 13.1 Å². The number of amidine groups is 1. The van der Waals surface area contributed by atoms with Gasteiger partial charge in [-0.25, -0.2) is 13.2 Å². The van der Waals surface area contributed by atoms with Crippen molar-refractivity contribution in [3.63, 3.8) is 0 Å². The van der Waals surface area contributed by atoms with Crippen LogP contribution in [0.3, 0.4) is 0 Å². The van der Waals surface area contributed by atoms with E-state index >= 15 is 0 Å². The van der Waals surface area contributed by atoms with Gasteiger partial charge >= 0.3 is 0 Å². The van der Waals surface area contributed by atoms with Crippen molar-refractivity contribution in [3.05, 3.63) is 34.1 Å². The van der Waals surface area contributed by atoms with E-state index in [4.69, 9.17) is 5.73 Å². The zero-order valence-electron chi connectivity index (χ0n) is 9.26. The maximum Gasteiger partial charge on any atom is 0.268 e. The third-order valence-electron chi connectivity index (χ3n) is 2.80. The van der Waals surface area contributed by atoms with Gasteiger partial charge in [-0.3, -0.25) is 4.99 Å². The molecule has 0 saturated carbocycles. The van der Waals surface area contributed by atoms with Gasteiger partial charge in [0.1, 0.15) is 11.7 Å². The molecule has 0 spiro atoms. The molecule has 0 aliphatic carbocycles. The molecule has 0 fully saturated rings. The molecule has 1 heterocycles. The van der Waals surface area contributed by atoms with Gasteiger partial charge < -0.3 is 11.1 Å². The van der Waals surface area contributed by atoms with Crippen LogP contribution in [0.25, 0.3) is 0 Å². The fraction of sp³-hybridized carbons (Fsp3) is 0.364. The highest BCUT2D eigenvalue weighted by Crippen LogP contribution is 2.36. The number of nitrogens with one attached hydrogen (secondary N) is 1. The zero-order valence-corrected chi connectivity index (χ0v) is 10.8. The van der Waals surface area contributed by atoms with Crippen molar-refractivity contribution in [2.24, 2.45) is 10.7 Å². The molecule has 1 aromatic carbocycles. The highest BCUT2D eigenvalue weighted by atomic mass is 79.9. The van der Waals surface area contributed by atoms with Crippen LogP contribution in [-0.2, 0) is 5.54 Å². The Labute approximate surface area is 110 Å². The number of benzene rings is 1. The normalized spacial score (nSPS) is 24.2. The molecule has 1 aliphatic rings. The molecule has 0 saturated heterocycles. The lowest BCUT2D eigenvalue weighted by Crippen LogP contribution is -2.51. The fourth-order valence-corrected chi connectivity index (χ4v) is 2.31. The Morgan fingerprint density at radius 1 is 1.44 bits per heavy atom. The average Bonchev–Trinajstić information content (AvgIpc) is 2.32. The molecule has 98 valence electrons. The second kappa shape index (κ2) is 4.89. The SMILES string of the molecule is NC1=NC(c2cc(Br)ccc2F)(C(F)F)CNC1. The molecule has 0 bridgehead atoms. The summed E-state index contributed by atoms with van der Waals surface area (Å²) in [6.45, 7) is 0.0723. The van der Waals surface area contributed by atoms with Crippen molar-refractivity contribution < 1.29 is 13.2 Å². The van der Waals surface area contributed by atoms with Gasteiger partial charge in [0.15, 0.2) is 5.54 Å². The Morgan fingerprint density at radius 3 is 2.78 bits per heavy atom. The standard InChI is InChI=1S/C11H11BrF3N3/c12-6-1-2-8(13)7(3-6)11(10(14)15)5-17-4-9(16)18-11/h1-3,10,17H,4-5H2,(H2,16,18). The first kappa shape index (κ1) is 13.4. The van der Waals surface area contributed by atoms with Gasteiger partial charge in [0.05, 0.1) is 6.54 Å². The third-order valence-corrected chi connectivity index (χ3v) is 3.29. The fourth-order valence-electron chi connectivity index (χ4n) is 1.94. The molecule has 0 amide bonds. The Kier molecular flexibility index (Phi) is 3.63. The van der Waals surface area contributed by atoms with E-state index in [1.165, 1.54) is 12.1 Å². The lowest BCUT2D eigenvalue weighted by Gasteiger charge is -2.33. The summed E-state index contributed by atoms with van der Waals surface area (Å²) in [5.41, 5.74) is 3.37. The maximum atomic E-state index is 13.8. The zero-order chi connectivity index (χ0) is 13.3. The number of halogens is 4. The minimum absolute atomic E-state index is 0.0425. The topological polar surface area (TPSA) is 50.4 Å². The van der Waals surface area contributed by atoms with E-state index in [0.717, 1.165) is 6.07 Å². The van der Waals surface area contributed by atoms with E-state index in [9.17, 15) is 13.2 Å². The summed E-state index contributed by atoms with van der Waals surface area (Å²) in [5.74, 6) is -0.681. The molecule has 1 aromatic rings. The lowest BCUT2D eigenvalue weighted by atomic mass is 9.89. The molecule has 2 rings (SSSR count). The first-order valence-electron chi connectivity index (χ1n) is 5.24. The Bertz CT molecular complexity index is 492. The van der Waals surface area contributed by atoms with Crippen LogP contribution in [-0.4, -0.2) is 25.4 Å². The molecule has 1 aliphatic heterocycles. The van der Waals surface area contributed by atoms with Gasteiger partial charge in [-0.2, -0.15) is 0 Å². The van der Waals surface area contributed by atoms with E-state index in [1.54, 1.807) is 0 Å². The van der Waals surface area contributed by atoms with Gasteiger partial charge in [0.2, 0.25) is 0 Å². The van der Waals surface area contributed by atoms with Crippen molar-refractivity contribution in [3.8, 4) is 0 Å². The number of hydrogen-bond donors (Lipinski definition) is 2. The van der Waals surface area contributed by atoms with Crippen LogP contribution in [0.15, 0.2) is 27.7 Å². The predicted molar refractivity (Wildman–Crippen MR) is 66.3 cm³/mol. The molecule has 1 unspecified atom stereocenters. The number of rotatable bonds is 2. The van der Waals surface area contributed by atoms with Crippen molar-refractivity contribution in [1.82, 2.24) is 5.32 Å². The smallest absolute Gasteiger partial charge is 0.268 e. The third kappa shape index (κ3) is 2.24. The van der Waals surface area contributed by atoms with E-state index in [0.29, 0.717) is 4.47 Å². The minimum atomic E-state index is -2.85. The summed E-state index contributed by atoms with van der Waals surface area (Å²) in [4.78, 5) is 3.81. The van der Waals surface area contributed by atoms with Crippen LogP contribution in [0.5, 0.6) is 0 Å². The molecule has 3 nitrogen and oxygen atoms in total. The summed E-state index contributed by atoms with van der Waals surface area (Å²) in [6, 6.07) is 3.89. The second-order valence-corrected chi connectivity index (χ2v) is 4.97. The van der Waals surface area contributed by atoms with Crippen LogP contribution in [0.1, 0.15) is 5.56 Å². The molecule has 18 heavy (non-hydrogen) atoms. The van der Waals surface area contributed by atoms with Crippen LogP contribution in [0.2, 0.25) is 0 Å². The minimum Gasteiger partial charge on any atom is -0.386 e. The predicted octanol–water partition coefficient (Wildman–Crippen LogP) is 2.01. The lowest BCUT2D eigenvalue weighted by molar-refractivity contribution is 0.0491. The van der Waals surface area contributed by atoms with Gasteiger partial charge in [-0.1, -0.05) is 15.9 Å². The first-order chi connectivity index (χ1) is 8.45. The monoisotopic (exact) mass is 321 g/mol. The van der Waals surface area contributed by atoms with E-state index in [-0.39, 0.29) is 24.5 Å². The van der Waals surface area contributed by atoms with Crippen LogP contribution < -0.4 is 11.1 Å². The average molecular weight is 322 g/mol. The second-order valence-electron chi connectivity index (χ2n) is 4.06. The van der Waals surface area contributed by atoms with Crippen LogP contribution in [0, 0.1) is 5.82 Å². The number of aliphatic imine (C=N–C) groups is 1. The summed E-state index contributed by atoms with van der Waals surface area (Å²) in [5, 5.41) is 2.73. The molecular formula is C11H11BrF3N3. The van der Waals surface area contributed by atoms with E-state index in [1.807, 2.05) is 0 Å². The Hall–Kier alpha value is -1.08. The van der Waals surface area contributed by atoms with E-state index in [2.05, 4.69) is 26.2 Å². The number of nitrogens with zero attached hydrogens (tertiary/aromatic N) is 1. The molecule has 1 atom stereocenters. The van der Waals surface area contributed by atoms with E-state index < -0.39 is 17.8 Å². The molecule has 3 N–H and O–H groups in total. The summed E-state index contributed by atoms with van der Waals surface area (Å²) >= 11 is 3.14. The van der Waals surface area contributed by atoms with Gasteiger partial charge in [0.25, 0.3) is 6.43 Å². The Balaban J connectivity index is 2.61. The molecule has 0 aromatic heterocycles. The van der Waals surface area contributed by atoms with Crippen LogP contribution >= 0.6 is 15.9 Å². The largest absolute Gasteiger partial charge is 0.386 e.